The normalized spacial score (nSPS) is 30.3. The molecule has 4 heterocycles. The number of aromatic nitrogens is 2. The highest BCUT2D eigenvalue weighted by atomic mass is 16.8. The van der Waals surface area contributed by atoms with E-state index in [1.54, 1.807) is 18.3 Å². The largest absolute Gasteiger partial charge is 0.508 e. The zero-order valence-corrected chi connectivity index (χ0v) is 31.3. The summed E-state index contributed by atoms with van der Waals surface area (Å²) in [6.07, 6.45) is 2.40. The van der Waals surface area contributed by atoms with Crippen molar-refractivity contribution in [1.82, 2.24) is 9.97 Å². The molecule has 0 bridgehead atoms. The number of hydrogen-bond acceptors (Lipinski definition) is 13. The number of anilines is 2. The van der Waals surface area contributed by atoms with Crippen molar-refractivity contribution in [3.05, 3.63) is 101 Å². The molecule has 1 aliphatic carbocycles. The quantitative estimate of drug-likeness (QED) is 0.0817. The number of amides is 1. The molecule has 9 atom stereocenters. The van der Waals surface area contributed by atoms with E-state index in [-0.39, 0.29) is 17.4 Å². The van der Waals surface area contributed by atoms with Gasteiger partial charge in [-0.05, 0) is 72.2 Å². The molecule has 2 fully saturated rings. The zero-order valence-electron chi connectivity index (χ0n) is 31.3. The van der Waals surface area contributed by atoms with E-state index in [0.29, 0.717) is 36.1 Å². The average molecular weight is 799 g/mol. The van der Waals surface area contributed by atoms with E-state index in [4.69, 9.17) is 9.47 Å². The van der Waals surface area contributed by atoms with Crippen LogP contribution in [0, 0.1) is 5.92 Å². The number of phenols is 2. The number of rotatable bonds is 10. The first-order valence-corrected chi connectivity index (χ1v) is 19.3. The molecule has 0 spiro atoms. The number of aliphatic hydroxyl groups excluding tert-OH is 4. The highest BCUT2D eigenvalue weighted by Crippen LogP contribution is 2.58. The maximum atomic E-state index is 14.5. The van der Waals surface area contributed by atoms with E-state index in [2.05, 4.69) is 21.4 Å². The van der Waals surface area contributed by atoms with E-state index < -0.39 is 77.7 Å². The third-order valence-electron chi connectivity index (χ3n) is 12.4. The molecule has 306 valence electrons. The molecule has 58 heavy (non-hydrogen) atoms. The van der Waals surface area contributed by atoms with Crippen molar-refractivity contribution in [2.24, 2.45) is 5.92 Å². The minimum atomic E-state index is -3.10. The number of aromatic hydroxyl groups is 2. The summed E-state index contributed by atoms with van der Waals surface area (Å²) in [7, 11) is 0. The molecule has 1 amide bonds. The van der Waals surface area contributed by atoms with Crippen LogP contribution in [0.3, 0.4) is 0 Å². The minimum absolute atomic E-state index is 0.0357. The molecule has 16 nitrogen and oxygen atoms in total. The van der Waals surface area contributed by atoms with Crippen molar-refractivity contribution in [2.45, 2.75) is 86.3 Å². The highest BCUT2D eigenvalue weighted by Gasteiger charge is 2.57. The van der Waals surface area contributed by atoms with Crippen molar-refractivity contribution in [1.29, 1.82) is 0 Å². The molecule has 1 aromatic heterocycles. The standard InChI is InChI=1S/C42H46N4O12/c47-20-34-37(51)38(52)39(53)42(56,58-34)57-33-16-30-26(15-32(33)49)27(17-41-12-4-3-5-24(41)18-44-29-7-2-1-6-28(29)41)36(40(54)55)46(30)35(50)11-9-22-8-10-31(48)23(13-22)14-25-19-43-21-45-25/h1-2,6-11,13,15-16,19,21,24,27,34,36-39,44,47-49,51-53,56H,3-5,12,14,17-18,20H2,(H,43,45)(H,54,55)/b11-9+/t24-,27+,34-,36-,37-,38+,39-,41+,42+/m1/s1. The summed E-state index contributed by atoms with van der Waals surface area (Å²) in [4.78, 5) is 36.1. The molecule has 4 aromatic rings. The molecular formula is C42H46N4O12. The number of H-pyrrole nitrogens is 1. The van der Waals surface area contributed by atoms with Gasteiger partial charge in [0.2, 0.25) is 0 Å². The fourth-order valence-electron chi connectivity index (χ4n) is 9.51. The maximum absolute atomic E-state index is 14.5. The number of carboxylic acids is 1. The number of carboxylic acid groups (broad SMARTS) is 1. The Labute approximate surface area is 332 Å². The molecular weight excluding hydrogens is 752 g/mol. The molecule has 8 rings (SSSR count). The zero-order chi connectivity index (χ0) is 40.9. The van der Waals surface area contributed by atoms with Crippen LogP contribution in [0.15, 0.2) is 73.2 Å². The Morgan fingerprint density at radius 3 is 2.60 bits per heavy atom. The number of aliphatic carboxylic acids is 1. The van der Waals surface area contributed by atoms with Gasteiger partial charge in [-0.25, -0.2) is 9.78 Å². The van der Waals surface area contributed by atoms with E-state index in [9.17, 15) is 50.4 Å². The van der Waals surface area contributed by atoms with Crippen LogP contribution in [0.4, 0.5) is 11.4 Å². The van der Waals surface area contributed by atoms with Crippen LogP contribution in [-0.4, -0.2) is 112 Å². The molecule has 10 N–H and O–H groups in total. The predicted octanol–water partition coefficient (Wildman–Crippen LogP) is 2.45. The van der Waals surface area contributed by atoms with Gasteiger partial charge in [-0.15, -0.1) is 0 Å². The predicted molar refractivity (Wildman–Crippen MR) is 207 cm³/mol. The van der Waals surface area contributed by atoms with Gasteiger partial charge in [-0.2, -0.15) is 0 Å². The van der Waals surface area contributed by atoms with Crippen LogP contribution in [0.5, 0.6) is 17.2 Å². The number of imidazole rings is 1. The van der Waals surface area contributed by atoms with E-state index in [1.807, 2.05) is 18.2 Å². The Kier molecular flexibility index (Phi) is 10.4. The smallest absolute Gasteiger partial charge is 0.355 e. The van der Waals surface area contributed by atoms with Gasteiger partial charge in [0.05, 0.1) is 18.6 Å². The lowest BCUT2D eigenvalue weighted by molar-refractivity contribution is -0.422. The summed E-state index contributed by atoms with van der Waals surface area (Å²) in [6.45, 7) is -0.195. The van der Waals surface area contributed by atoms with E-state index in [0.717, 1.165) is 47.5 Å². The number of hydrogen-bond donors (Lipinski definition) is 10. The number of nitrogens with one attached hydrogen (secondary N) is 2. The maximum Gasteiger partial charge on any atom is 0.355 e. The molecule has 1 saturated heterocycles. The van der Waals surface area contributed by atoms with Crippen molar-refractivity contribution in [2.75, 3.05) is 23.4 Å². The first-order valence-electron chi connectivity index (χ1n) is 19.3. The second kappa shape index (κ2) is 15.4. The molecule has 0 unspecified atom stereocenters. The van der Waals surface area contributed by atoms with Crippen LogP contribution in [0.1, 0.15) is 66.0 Å². The van der Waals surface area contributed by atoms with Crippen LogP contribution in [0.2, 0.25) is 0 Å². The number of fused-ring (bicyclic) bond motifs is 4. The van der Waals surface area contributed by atoms with Gasteiger partial charge in [0.1, 0.15) is 30.1 Å². The van der Waals surface area contributed by atoms with Gasteiger partial charge in [0.25, 0.3) is 5.91 Å². The number of carbonyl (C=O) groups is 2. The van der Waals surface area contributed by atoms with Gasteiger partial charge in [-0.3, -0.25) is 9.69 Å². The first kappa shape index (κ1) is 39.3. The lowest BCUT2D eigenvalue weighted by Crippen LogP contribution is -2.67. The summed E-state index contributed by atoms with van der Waals surface area (Å²) >= 11 is 0. The van der Waals surface area contributed by atoms with Crippen LogP contribution < -0.4 is 15.0 Å². The highest BCUT2D eigenvalue weighted by molar-refractivity contribution is 6.10. The Morgan fingerprint density at radius 2 is 1.84 bits per heavy atom. The lowest BCUT2D eigenvalue weighted by Gasteiger charge is -2.50. The minimum Gasteiger partial charge on any atom is -0.508 e. The number of ether oxygens (including phenoxy) is 2. The average Bonchev–Trinajstić information content (AvgIpc) is 3.84. The number of phenolic OH excluding ortho intramolecular Hbond substituents is 2. The third-order valence-corrected chi connectivity index (χ3v) is 12.4. The second-order valence-electron chi connectivity index (χ2n) is 15.7. The summed E-state index contributed by atoms with van der Waals surface area (Å²) < 4.78 is 10.9. The Hall–Kier alpha value is -5.49. The fourth-order valence-corrected chi connectivity index (χ4v) is 9.51. The van der Waals surface area contributed by atoms with Gasteiger partial charge in [0.15, 0.2) is 17.6 Å². The lowest BCUT2D eigenvalue weighted by atomic mass is 9.56. The third kappa shape index (κ3) is 6.84. The second-order valence-corrected chi connectivity index (χ2v) is 15.7. The van der Waals surface area contributed by atoms with Crippen molar-refractivity contribution in [3.63, 3.8) is 0 Å². The topological polar surface area (TPSA) is 258 Å². The number of benzene rings is 3. The van der Waals surface area contributed by atoms with E-state index >= 15 is 0 Å². The summed E-state index contributed by atoms with van der Waals surface area (Å²) in [5.41, 5.74) is 3.78. The SMILES string of the molecule is O=C(O)[C@H]1[C@@H](C[C@@]23CCCC[C@@H]2CNc2ccccc23)c2cc(O)c(O[C@]3(O)O[C@H](CO)[C@@H](O)[C@H](O)[C@H]3O)cc2N1C(=O)/C=C/c1ccc(O)c(Cc2cnc[nH]2)c1. The van der Waals surface area contributed by atoms with Crippen molar-refractivity contribution < 1.29 is 59.9 Å². The molecule has 3 aromatic carbocycles. The van der Waals surface area contributed by atoms with Crippen LogP contribution in [0.25, 0.3) is 6.08 Å². The number of para-hydroxylation sites is 1. The Bertz CT molecular complexity index is 2210. The summed E-state index contributed by atoms with van der Waals surface area (Å²) in [5, 5.41) is 89.0. The number of nitrogens with zero attached hydrogens (tertiary/aromatic N) is 2. The summed E-state index contributed by atoms with van der Waals surface area (Å²) in [6, 6.07) is 13.7. The van der Waals surface area contributed by atoms with Crippen LogP contribution in [-0.2, 0) is 26.2 Å². The Balaban J connectivity index is 1.21. The van der Waals surface area contributed by atoms with E-state index in [1.165, 1.54) is 36.7 Å². The van der Waals surface area contributed by atoms with Crippen LogP contribution >= 0.6 is 0 Å². The van der Waals surface area contributed by atoms with Gasteiger partial charge in [-0.1, -0.05) is 37.1 Å². The molecule has 0 radical (unpaired) electrons. The fraction of sp³-hybridized carbons (Fsp3) is 0.405. The Morgan fingerprint density at radius 1 is 1.03 bits per heavy atom. The van der Waals surface area contributed by atoms with Crippen molar-refractivity contribution >= 4 is 29.3 Å². The molecule has 16 heteroatoms. The number of aromatic amines is 1. The van der Waals surface area contributed by atoms with Gasteiger partial charge >= 0.3 is 11.9 Å². The first-order chi connectivity index (χ1) is 27.8. The monoisotopic (exact) mass is 798 g/mol. The van der Waals surface area contributed by atoms with Gasteiger partial charge < -0.3 is 60.6 Å². The molecule has 4 aliphatic rings. The molecule has 3 aliphatic heterocycles. The summed E-state index contributed by atoms with van der Waals surface area (Å²) in [5.74, 6) is -6.93. The number of carbonyl (C=O) groups excluding carboxylic acids is 1. The van der Waals surface area contributed by atoms with Gasteiger partial charge in [0, 0.05) is 59.6 Å². The van der Waals surface area contributed by atoms with Crippen molar-refractivity contribution in [3.8, 4) is 17.2 Å². The number of aliphatic hydroxyl groups is 5. The molecule has 1 saturated carbocycles.